The van der Waals surface area contributed by atoms with Crippen LogP contribution < -0.4 is 0 Å². The van der Waals surface area contributed by atoms with Gasteiger partial charge in [-0.3, -0.25) is 4.40 Å². The Kier molecular flexibility index (Phi) is 2.95. The molecule has 1 aromatic carbocycles. The number of carbonyl (C=O) groups is 1. The predicted octanol–water partition coefficient (Wildman–Crippen LogP) is 2.33. The van der Waals surface area contributed by atoms with E-state index in [2.05, 4.69) is 29.3 Å². The Morgan fingerprint density at radius 3 is 2.80 bits per heavy atom. The molecular formula is C15H13N3O2. The molecule has 0 saturated heterocycles. The maximum absolute atomic E-state index is 10.9. The number of nitrogens with zero attached hydrogens (tertiary/aromatic N) is 3. The van der Waals surface area contributed by atoms with Crippen molar-refractivity contribution in [3.05, 3.63) is 65.1 Å². The lowest BCUT2D eigenvalue weighted by Gasteiger charge is -2.04. The molecular weight excluding hydrogens is 254 g/mol. The molecule has 0 aliphatic carbocycles. The first-order chi connectivity index (χ1) is 9.65. The molecule has 0 aliphatic rings. The smallest absolute Gasteiger partial charge is 0.335 e. The number of carboxylic acids is 1. The Morgan fingerprint density at radius 1 is 1.25 bits per heavy atom. The van der Waals surface area contributed by atoms with E-state index >= 15 is 0 Å². The Labute approximate surface area is 115 Å². The van der Waals surface area contributed by atoms with Gasteiger partial charge in [-0.15, -0.1) is 10.2 Å². The van der Waals surface area contributed by atoms with Crippen LogP contribution in [-0.4, -0.2) is 25.7 Å². The van der Waals surface area contributed by atoms with Gasteiger partial charge in [0.25, 0.3) is 0 Å². The van der Waals surface area contributed by atoms with Gasteiger partial charge in [-0.05, 0) is 30.2 Å². The molecule has 0 radical (unpaired) electrons. The molecule has 100 valence electrons. The largest absolute Gasteiger partial charge is 0.478 e. The number of rotatable bonds is 3. The molecule has 2 heterocycles. The second-order valence-electron chi connectivity index (χ2n) is 4.67. The van der Waals surface area contributed by atoms with Gasteiger partial charge < -0.3 is 5.11 Å². The first-order valence-electron chi connectivity index (χ1n) is 6.26. The zero-order valence-electron chi connectivity index (χ0n) is 10.9. The van der Waals surface area contributed by atoms with E-state index in [-0.39, 0.29) is 5.56 Å². The predicted molar refractivity (Wildman–Crippen MR) is 73.9 cm³/mol. The van der Waals surface area contributed by atoms with Crippen molar-refractivity contribution < 1.29 is 9.90 Å². The number of aromatic carboxylic acids is 1. The van der Waals surface area contributed by atoms with Gasteiger partial charge in [0.05, 0.1) is 5.56 Å². The summed E-state index contributed by atoms with van der Waals surface area (Å²) in [4.78, 5) is 10.9. The van der Waals surface area contributed by atoms with Gasteiger partial charge in [-0.1, -0.05) is 24.3 Å². The average molecular weight is 267 g/mol. The van der Waals surface area contributed by atoms with Crippen molar-refractivity contribution in [3.8, 4) is 0 Å². The summed E-state index contributed by atoms with van der Waals surface area (Å²) in [5, 5.41) is 17.2. The Hall–Kier alpha value is -2.69. The van der Waals surface area contributed by atoms with E-state index in [4.69, 9.17) is 5.11 Å². The summed E-state index contributed by atoms with van der Waals surface area (Å²) in [6.45, 7) is 2.06. The molecule has 5 heteroatoms. The second-order valence-corrected chi connectivity index (χ2v) is 4.67. The van der Waals surface area contributed by atoms with E-state index in [0.717, 1.165) is 5.82 Å². The minimum Gasteiger partial charge on any atom is -0.478 e. The van der Waals surface area contributed by atoms with Gasteiger partial charge in [0.1, 0.15) is 5.82 Å². The lowest BCUT2D eigenvalue weighted by atomic mass is 10.1. The standard InChI is InChI=1S/C15H13N3O2/c1-10-4-2-3-5-11(10)8-13-16-17-14-9-12(15(19)20)6-7-18(13)14/h2-7,9H,8H2,1H3,(H,19,20). The molecule has 0 amide bonds. The molecule has 0 saturated carbocycles. The summed E-state index contributed by atoms with van der Waals surface area (Å²) in [6, 6.07) is 11.2. The molecule has 0 spiro atoms. The number of hydrogen-bond donors (Lipinski definition) is 1. The van der Waals surface area contributed by atoms with Crippen LogP contribution in [0.25, 0.3) is 5.65 Å². The van der Waals surface area contributed by atoms with E-state index < -0.39 is 5.97 Å². The number of aryl methyl sites for hydroxylation is 1. The van der Waals surface area contributed by atoms with Crippen LogP contribution in [0.5, 0.6) is 0 Å². The maximum Gasteiger partial charge on any atom is 0.335 e. The number of hydrogen-bond acceptors (Lipinski definition) is 3. The van der Waals surface area contributed by atoms with E-state index in [9.17, 15) is 4.79 Å². The summed E-state index contributed by atoms with van der Waals surface area (Å²) in [6.07, 6.45) is 2.37. The first-order valence-corrected chi connectivity index (χ1v) is 6.26. The van der Waals surface area contributed by atoms with Crippen molar-refractivity contribution in [2.24, 2.45) is 0 Å². The summed E-state index contributed by atoms with van der Waals surface area (Å²) < 4.78 is 1.82. The molecule has 2 aromatic heterocycles. The average Bonchev–Trinajstić information content (AvgIpc) is 2.84. The highest BCUT2D eigenvalue weighted by Crippen LogP contribution is 2.14. The van der Waals surface area contributed by atoms with Crippen LogP contribution in [0.4, 0.5) is 0 Å². The van der Waals surface area contributed by atoms with Crippen molar-refractivity contribution in [3.63, 3.8) is 0 Å². The zero-order valence-corrected chi connectivity index (χ0v) is 10.9. The summed E-state index contributed by atoms with van der Waals surface area (Å²) in [5.74, 6) is -0.165. The fourth-order valence-corrected chi connectivity index (χ4v) is 2.17. The maximum atomic E-state index is 10.9. The molecule has 0 atom stereocenters. The fraction of sp³-hybridized carbons (Fsp3) is 0.133. The Balaban J connectivity index is 2.01. The second kappa shape index (κ2) is 4.77. The van der Waals surface area contributed by atoms with E-state index in [0.29, 0.717) is 12.1 Å². The van der Waals surface area contributed by atoms with Gasteiger partial charge >= 0.3 is 5.97 Å². The van der Waals surface area contributed by atoms with E-state index in [1.165, 1.54) is 17.2 Å². The summed E-state index contributed by atoms with van der Waals surface area (Å²) in [5.41, 5.74) is 3.15. The van der Waals surface area contributed by atoms with Crippen LogP contribution in [0.15, 0.2) is 42.6 Å². The molecule has 5 nitrogen and oxygen atoms in total. The highest BCUT2D eigenvalue weighted by atomic mass is 16.4. The normalized spacial score (nSPS) is 10.8. The van der Waals surface area contributed by atoms with E-state index in [1.807, 2.05) is 16.5 Å². The Bertz CT molecular complexity index is 793. The molecule has 3 aromatic rings. The lowest BCUT2D eigenvalue weighted by Crippen LogP contribution is -2.00. The van der Waals surface area contributed by atoms with Crippen LogP contribution in [0.1, 0.15) is 27.3 Å². The number of fused-ring (bicyclic) bond motifs is 1. The number of aromatic nitrogens is 3. The summed E-state index contributed by atoms with van der Waals surface area (Å²) in [7, 11) is 0. The third-order valence-corrected chi connectivity index (χ3v) is 3.34. The topological polar surface area (TPSA) is 67.5 Å². The van der Waals surface area contributed by atoms with Crippen molar-refractivity contribution in [1.29, 1.82) is 0 Å². The number of pyridine rings is 1. The van der Waals surface area contributed by atoms with Crippen LogP contribution >= 0.6 is 0 Å². The van der Waals surface area contributed by atoms with Crippen molar-refractivity contribution in [2.75, 3.05) is 0 Å². The Morgan fingerprint density at radius 2 is 2.05 bits per heavy atom. The number of benzene rings is 1. The van der Waals surface area contributed by atoms with Gasteiger partial charge in [0.15, 0.2) is 5.65 Å². The third-order valence-electron chi connectivity index (χ3n) is 3.34. The molecule has 0 unspecified atom stereocenters. The highest BCUT2D eigenvalue weighted by molar-refractivity contribution is 5.88. The quantitative estimate of drug-likeness (QED) is 0.790. The van der Waals surface area contributed by atoms with Crippen molar-refractivity contribution in [2.45, 2.75) is 13.3 Å². The van der Waals surface area contributed by atoms with Gasteiger partial charge in [-0.25, -0.2) is 4.79 Å². The van der Waals surface area contributed by atoms with Gasteiger partial charge in [-0.2, -0.15) is 0 Å². The van der Waals surface area contributed by atoms with Crippen LogP contribution in [-0.2, 0) is 6.42 Å². The van der Waals surface area contributed by atoms with Crippen LogP contribution in [0.3, 0.4) is 0 Å². The van der Waals surface area contributed by atoms with Gasteiger partial charge in [0, 0.05) is 12.6 Å². The van der Waals surface area contributed by atoms with Crippen molar-refractivity contribution >= 4 is 11.6 Å². The molecule has 0 fully saturated rings. The molecule has 1 N–H and O–H groups in total. The molecule has 0 bridgehead atoms. The van der Waals surface area contributed by atoms with Gasteiger partial charge in [0.2, 0.25) is 0 Å². The first kappa shape index (κ1) is 12.3. The molecule has 3 rings (SSSR count). The van der Waals surface area contributed by atoms with Crippen LogP contribution in [0, 0.1) is 6.92 Å². The fourth-order valence-electron chi connectivity index (χ4n) is 2.17. The third kappa shape index (κ3) is 2.14. The SMILES string of the molecule is Cc1ccccc1Cc1nnc2cc(C(=O)O)ccn12. The minimum atomic E-state index is -0.962. The molecule has 0 aliphatic heterocycles. The van der Waals surface area contributed by atoms with Crippen LogP contribution in [0.2, 0.25) is 0 Å². The summed E-state index contributed by atoms with van der Waals surface area (Å²) >= 11 is 0. The highest BCUT2D eigenvalue weighted by Gasteiger charge is 2.10. The lowest BCUT2D eigenvalue weighted by molar-refractivity contribution is 0.0697. The zero-order chi connectivity index (χ0) is 14.1. The monoisotopic (exact) mass is 267 g/mol. The van der Waals surface area contributed by atoms with E-state index in [1.54, 1.807) is 12.3 Å². The number of carboxylic acid groups (broad SMARTS) is 1. The van der Waals surface area contributed by atoms with Crippen molar-refractivity contribution in [1.82, 2.24) is 14.6 Å². The molecule has 20 heavy (non-hydrogen) atoms. The minimum absolute atomic E-state index is 0.215.